The molecule has 0 saturated heterocycles. The average Bonchev–Trinajstić information content (AvgIpc) is 2.79. The molecular weight excluding hydrogens is 250 g/mol. The predicted molar refractivity (Wildman–Crippen MR) is 66.8 cm³/mol. The lowest BCUT2D eigenvalue weighted by Crippen LogP contribution is -2.46. The van der Waals surface area contributed by atoms with Crippen molar-refractivity contribution >= 4 is 22.8 Å². The van der Waals surface area contributed by atoms with Gasteiger partial charge < -0.3 is 19.9 Å². The second-order valence-electron chi connectivity index (χ2n) is 4.41. The molecule has 1 atom stereocenters. The lowest BCUT2D eigenvalue weighted by molar-refractivity contribution is -0.155. The summed E-state index contributed by atoms with van der Waals surface area (Å²) in [5.74, 6) is -1.89. The Morgan fingerprint density at radius 3 is 2.74 bits per heavy atom. The molecule has 0 saturated carbocycles. The minimum absolute atomic E-state index is 0.303. The summed E-state index contributed by atoms with van der Waals surface area (Å²) in [5.41, 5.74) is -1.13. The summed E-state index contributed by atoms with van der Waals surface area (Å²) in [5, 5.41) is 21.3. The Kier molecular flexibility index (Phi) is 3.26. The number of hydrogen-bond donors (Lipinski definition) is 3. The fourth-order valence-electron chi connectivity index (χ4n) is 1.58. The van der Waals surface area contributed by atoms with Crippen molar-refractivity contribution in [1.29, 1.82) is 0 Å². The number of carboxylic acid groups (broad SMARTS) is 1. The highest BCUT2D eigenvalue weighted by molar-refractivity contribution is 6.06. The lowest BCUT2D eigenvalue weighted by atomic mass is 10.1. The Morgan fingerprint density at radius 2 is 2.05 bits per heavy atom. The lowest BCUT2D eigenvalue weighted by Gasteiger charge is -2.17. The van der Waals surface area contributed by atoms with Gasteiger partial charge in [0.15, 0.2) is 5.60 Å². The van der Waals surface area contributed by atoms with Crippen molar-refractivity contribution in [2.75, 3.05) is 6.54 Å². The number of hydrogen-bond acceptors (Lipinski definition) is 4. The second-order valence-corrected chi connectivity index (χ2v) is 4.41. The first kappa shape index (κ1) is 13.1. The van der Waals surface area contributed by atoms with E-state index in [-0.39, 0.29) is 6.54 Å². The molecule has 0 aliphatic heterocycles. The van der Waals surface area contributed by atoms with Crippen LogP contribution in [-0.4, -0.2) is 34.2 Å². The fourth-order valence-corrected chi connectivity index (χ4v) is 1.58. The Hall–Kier alpha value is -2.34. The van der Waals surface area contributed by atoms with E-state index in [0.717, 1.165) is 6.92 Å². The minimum Gasteiger partial charge on any atom is -0.479 e. The number of benzene rings is 1. The van der Waals surface area contributed by atoms with Crippen LogP contribution in [-0.2, 0) is 4.79 Å². The number of para-hydroxylation sites is 1. The molecule has 6 heteroatoms. The SMILES string of the molecule is CC(O)(CNC(=O)c1coc2ccccc12)C(=O)O. The van der Waals surface area contributed by atoms with Crippen molar-refractivity contribution in [3.05, 3.63) is 36.1 Å². The van der Waals surface area contributed by atoms with Crippen molar-refractivity contribution < 1.29 is 24.2 Å². The van der Waals surface area contributed by atoms with Gasteiger partial charge in [-0.1, -0.05) is 18.2 Å². The van der Waals surface area contributed by atoms with Crippen LogP contribution in [0.2, 0.25) is 0 Å². The van der Waals surface area contributed by atoms with Crippen LogP contribution in [0.4, 0.5) is 0 Å². The molecule has 1 heterocycles. The van der Waals surface area contributed by atoms with Crippen LogP contribution in [0.1, 0.15) is 17.3 Å². The Bertz CT molecular complexity index is 629. The third-order valence-corrected chi connectivity index (χ3v) is 2.78. The molecule has 2 aromatic rings. The van der Waals surface area contributed by atoms with Crippen molar-refractivity contribution in [2.24, 2.45) is 0 Å². The van der Waals surface area contributed by atoms with E-state index >= 15 is 0 Å². The van der Waals surface area contributed by atoms with Crippen LogP contribution in [0, 0.1) is 0 Å². The largest absolute Gasteiger partial charge is 0.479 e. The van der Waals surface area contributed by atoms with Gasteiger partial charge in [0.2, 0.25) is 0 Å². The summed E-state index contributed by atoms with van der Waals surface area (Å²) < 4.78 is 5.21. The van der Waals surface area contributed by atoms with Gasteiger partial charge in [-0.05, 0) is 13.0 Å². The van der Waals surface area contributed by atoms with Crippen molar-refractivity contribution in [2.45, 2.75) is 12.5 Å². The smallest absolute Gasteiger partial charge is 0.337 e. The molecule has 0 spiro atoms. The average molecular weight is 263 g/mol. The molecule has 1 aromatic carbocycles. The van der Waals surface area contributed by atoms with E-state index in [1.165, 1.54) is 6.26 Å². The molecule has 6 nitrogen and oxygen atoms in total. The Balaban J connectivity index is 2.15. The first-order valence-corrected chi connectivity index (χ1v) is 5.62. The van der Waals surface area contributed by atoms with Crippen LogP contribution in [0.5, 0.6) is 0 Å². The molecule has 19 heavy (non-hydrogen) atoms. The van der Waals surface area contributed by atoms with E-state index in [9.17, 15) is 14.7 Å². The summed E-state index contributed by atoms with van der Waals surface area (Å²) in [7, 11) is 0. The fraction of sp³-hybridized carbons (Fsp3) is 0.231. The van der Waals surface area contributed by atoms with Crippen LogP contribution in [0.3, 0.4) is 0 Å². The first-order valence-electron chi connectivity index (χ1n) is 5.62. The molecule has 3 N–H and O–H groups in total. The molecule has 0 fully saturated rings. The molecular formula is C13H13NO5. The molecule has 1 aromatic heterocycles. The predicted octanol–water partition coefficient (Wildman–Crippen LogP) is 0.998. The van der Waals surface area contributed by atoms with E-state index in [1.54, 1.807) is 24.3 Å². The summed E-state index contributed by atoms with van der Waals surface area (Å²) in [6, 6.07) is 6.99. The molecule has 100 valence electrons. The van der Waals surface area contributed by atoms with Gasteiger partial charge in [-0.25, -0.2) is 4.79 Å². The highest BCUT2D eigenvalue weighted by Gasteiger charge is 2.30. The van der Waals surface area contributed by atoms with Gasteiger partial charge >= 0.3 is 5.97 Å². The molecule has 1 amide bonds. The van der Waals surface area contributed by atoms with Gasteiger partial charge in [0.1, 0.15) is 11.8 Å². The van der Waals surface area contributed by atoms with Crippen molar-refractivity contribution in [1.82, 2.24) is 5.32 Å². The van der Waals surface area contributed by atoms with Gasteiger partial charge in [0.05, 0.1) is 12.1 Å². The highest BCUT2D eigenvalue weighted by Crippen LogP contribution is 2.20. The van der Waals surface area contributed by atoms with Crippen LogP contribution < -0.4 is 5.32 Å². The number of carbonyl (C=O) groups is 2. The number of carboxylic acids is 1. The minimum atomic E-state index is -2.00. The number of aliphatic hydroxyl groups is 1. The third kappa shape index (κ3) is 2.58. The number of furan rings is 1. The summed E-state index contributed by atoms with van der Waals surface area (Å²) in [4.78, 5) is 22.6. The molecule has 0 aliphatic rings. The van der Waals surface area contributed by atoms with Gasteiger partial charge in [0.25, 0.3) is 5.91 Å². The quantitative estimate of drug-likeness (QED) is 0.764. The number of fused-ring (bicyclic) bond motifs is 1. The van der Waals surface area contributed by atoms with E-state index in [1.807, 2.05) is 0 Å². The van der Waals surface area contributed by atoms with Gasteiger partial charge in [-0.3, -0.25) is 4.79 Å². The van der Waals surface area contributed by atoms with Crippen molar-refractivity contribution in [3.63, 3.8) is 0 Å². The van der Waals surface area contributed by atoms with Gasteiger partial charge in [0, 0.05) is 5.39 Å². The molecule has 1 unspecified atom stereocenters. The van der Waals surface area contributed by atoms with Gasteiger partial charge in [-0.2, -0.15) is 0 Å². The number of nitrogens with one attached hydrogen (secondary N) is 1. The zero-order chi connectivity index (χ0) is 14.0. The zero-order valence-electron chi connectivity index (χ0n) is 10.2. The monoisotopic (exact) mass is 263 g/mol. The molecule has 0 radical (unpaired) electrons. The van der Waals surface area contributed by atoms with E-state index in [2.05, 4.69) is 5.32 Å². The molecule has 0 bridgehead atoms. The maximum absolute atomic E-state index is 11.9. The third-order valence-electron chi connectivity index (χ3n) is 2.78. The number of rotatable bonds is 4. The summed E-state index contributed by atoms with van der Waals surface area (Å²) in [6.07, 6.45) is 1.30. The maximum atomic E-state index is 11.9. The Labute approximate surface area is 108 Å². The first-order chi connectivity index (χ1) is 8.92. The number of carbonyl (C=O) groups excluding carboxylic acids is 1. The topological polar surface area (TPSA) is 99.8 Å². The number of amides is 1. The normalized spacial score (nSPS) is 14.0. The summed E-state index contributed by atoms with van der Waals surface area (Å²) in [6.45, 7) is 0.726. The van der Waals surface area contributed by atoms with Gasteiger partial charge in [-0.15, -0.1) is 0 Å². The van der Waals surface area contributed by atoms with Crippen molar-refractivity contribution in [3.8, 4) is 0 Å². The second kappa shape index (κ2) is 4.74. The van der Waals surface area contributed by atoms with Crippen LogP contribution in [0.15, 0.2) is 34.9 Å². The van der Waals surface area contributed by atoms with Crippen LogP contribution in [0.25, 0.3) is 11.0 Å². The van der Waals surface area contributed by atoms with E-state index < -0.39 is 17.5 Å². The number of aliphatic carboxylic acids is 1. The van der Waals surface area contributed by atoms with E-state index in [0.29, 0.717) is 16.5 Å². The molecule has 0 aliphatic carbocycles. The van der Waals surface area contributed by atoms with E-state index in [4.69, 9.17) is 9.52 Å². The highest BCUT2D eigenvalue weighted by atomic mass is 16.4. The zero-order valence-corrected chi connectivity index (χ0v) is 10.2. The molecule has 2 rings (SSSR count). The maximum Gasteiger partial charge on any atom is 0.337 e. The Morgan fingerprint density at radius 1 is 1.37 bits per heavy atom. The van der Waals surface area contributed by atoms with Crippen LogP contribution >= 0.6 is 0 Å². The summed E-state index contributed by atoms with van der Waals surface area (Å²) >= 11 is 0. The standard InChI is InChI=1S/C13H13NO5/c1-13(18,12(16)17)7-14-11(15)9-6-19-10-5-3-2-4-8(9)10/h2-6,18H,7H2,1H3,(H,14,15)(H,16,17).